The molecule has 1 unspecified atom stereocenters. The molecule has 36 heavy (non-hydrogen) atoms. The molecule has 8 heteroatoms. The Kier molecular flexibility index (Phi) is 7.75. The minimum absolute atomic E-state index is 0.180. The number of amides is 3. The summed E-state index contributed by atoms with van der Waals surface area (Å²) >= 11 is 1.54. The molecule has 1 aliphatic rings. The quantitative estimate of drug-likeness (QED) is 0.324. The van der Waals surface area contributed by atoms with Crippen LogP contribution in [-0.2, 0) is 4.79 Å². The second-order valence-corrected chi connectivity index (χ2v) is 9.68. The maximum atomic E-state index is 13.3. The standard InChI is InChI=1S/C28H27N3O4S/c1-17-8-7-9-18(2)25(17)31-28(35)30-23-15-20-11-4-3-10-19(20)14-22(23)26(32)29-24(27(33)34)16-21-12-5-6-13-36-21/h3-12,14-15,24H,13,16H2,1-2H3,(H,29,32)(H,33,34)(H2,30,31,35). The molecular weight excluding hydrogens is 474 g/mol. The molecule has 3 aromatic carbocycles. The molecule has 184 valence electrons. The molecule has 4 N–H and O–H groups in total. The first-order valence-corrected chi connectivity index (χ1v) is 12.5. The second-order valence-electron chi connectivity index (χ2n) is 8.53. The number of para-hydroxylation sites is 1. The van der Waals surface area contributed by atoms with Crippen LogP contribution in [0.2, 0.25) is 0 Å². The topological polar surface area (TPSA) is 108 Å². The molecule has 0 saturated carbocycles. The molecule has 0 radical (unpaired) electrons. The van der Waals surface area contributed by atoms with Gasteiger partial charge in [-0.1, -0.05) is 60.7 Å². The number of carbonyl (C=O) groups is 3. The van der Waals surface area contributed by atoms with Gasteiger partial charge in [-0.25, -0.2) is 9.59 Å². The Morgan fingerprint density at radius 1 is 0.972 bits per heavy atom. The number of rotatable bonds is 7. The van der Waals surface area contributed by atoms with Crippen LogP contribution in [0, 0.1) is 13.8 Å². The van der Waals surface area contributed by atoms with Gasteiger partial charge in [0.05, 0.1) is 11.3 Å². The third kappa shape index (κ3) is 5.95. The number of anilines is 2. The number of nitrogens with one attached hydrogen (secondary N) is 3. The van der Waals surface area contributed by atoms with Crippen LogP contribution in [0.5, 0.6) is 0 Å². The lowest BCUT2D eigenvalue weighted by atomic mass is 10.0. The fourth-order valence-electron chi connectivity index (χ4n) is 4.01. The zero-order chi connectivity index (χ0) is 25.7. The molecular formula is C28H27N3O4S. The SMILES string of the molecule is Cc1cccc(C)c1NC(=O)Nc1cc2ccccc2cc1C(=O)NC(CC1=CC=CCS1)C(=O)O. The number of benzene rings is 3. The Morgan fingerprint density at radius 3 is 2.31 bits per heavy atom. The summed E-state index contributed by atoms with van der Waals surface area (Å²) in [5.41, 5.74) is 2.99. The number of carboxylic acid groups (broad SMARTS) is 1. The van der Waals surface area contributed by atoms with Crippen LogP contribution in [0.1, 0.15) is 27.9 Å². The molecule has 4 rings (SSSR count). The molecule has 0 saturated heterocycles. The summed E-state index contributed by atoms with van der Waals surface area (Å²) in [6.07, 6.45) is 5.91. The first kappa shape index (κ1) is 25.1. The Morgan fingerprint density at radius 2 is 1.67 bits per heavy atom. The van der Waals surface area contributed by atoms with Gasteiger partial charge in [0.1, 0.15) is 6.04 Å². The van der Waals surface area contributed by atoms with Gasteiger partial charge < -0.3 is 21.1 Å². The van der Waals surface area contributed by atoms with Crippen molar-refractivity contribution in [1.82, 2.24) is 5.32 Å². The van der Waals surface area contributed by atoms with E-state index in [1.54, 1.807) is 23.9 Å². The summed E-state index contributed by atoms with van der Waals surface area (Å²) in [5.74, 6) is -0.935. The van der Waals surface area contributed by atoms with Gasteiger partial charge in [-0.2, -0.15) is 0 Å². The van der Waals surface area contributed by atoms with Crippen molar-refractivity contribution in [2.24, 2.45) is 0 Å². The molecule has 0 aliphatic carbocycles. The normalized spacial score (nSPS) is 13.6. The molecule has 7 nitrogen and oxygen atoms in total. The van der Waals surface area contributed by atoms with Gasteiger partial charge in [-0.3, -0.25) is 4.79 Å². The summed E-state index contributed by atoms with van der Waals surface area (Å²) in [7, 11) is 0. The van der Waals surface area contributed by atoms with Gasteiger partial charge in [-0.15, -0.1) is 11.8 Å². The molecule has 0 spiro atoms. The van der Waals surface area contributed by atoms with Crippen LogP contribution in [0.25, 0.3) is 10.8 Å². The van der Waals surface area contributed by atoms with Crippen molar-refractivity contribution in [2.75, 3.05) is 16.4 Å². The Labute approximate surface area is 213 Å². The van der Waals surface area contributed by atoms with Crippen molar-refractivity contribution in [3.05, 3.63) is 94.4 Å². The van der Waals surface area contributed by atoms with Crippen molar-refractivity contribution >= 4 is 51.8 Å². The number of fused-ring (bicyclic) bond motifs is 1. The minimum atomic E-state index is -1.12. The molecule has 1 aliphatic heterocycles. The molecule has 0 fully saturated rings. The molecule has 0 aromatic heterocycles. The number of aryl methyl sites for hydroxylation is 2. The fraction of sp³-hybridized carbons (Fsp3) is 0.179. The summed E-state index contributed by atoms with van der Waals surface area (Å²) in [5, 5.41) is 19.7. The smallest absolute Gasteiger partial charge is 0.326 e. The maximum absolute atomic E-state index is 13.3. The van der Waals surface area contributed by atoms with E-state index in [0.29, 0.717) is 5.69 Å². The zero-order valence-corrected chi connectivity index (χ0v) is 20.8. The zero-order valence-electron chi connectivity index (χ0n) is 20.0. The number of aliphatic carboxylic acids is 1. The van der Waals surface area contributed by atoms with Gasteiger partial charge in [0.2, 0.25) is 0 Å². The van der Waals surface area contributed by atoms with Gasteiger partial charge in [0.15, 0.2) is 0 Å². The van der Waals surface area contributed by atoms with Gasteiger partial charge in [0.25, 0.3) is 5.91 Å². The Bertz CT molecular complexity index is 1380. The van der Waals surface area contributed by atoms with Crippen molar-refractivity contribution < 1.29 is 19.5 Å². The van der Waals surface area contributed by atoms with E-state index >= 15 is 0 Å². The first-order chi connectivity index (χ1) is 17.3. The average Bonchev–Trinajstić information content (AvgIpc) is 2.86. The Hall–Kier alpha value is -4.04. The van der Waals surface area contributed by atoms with E-state index in [0.717, 1.165) is 32.6 Å². The predicted octanol–water partition coefficient (Wildman–Crippen LogP) is 5.86. The molecule has 1 atom stereocenters. The van der Waals surface area contributed by atoms with Gasteiger partial charge in [-0.05, 0) is 52.8 Å². The fourth-order valence-corrected chi connectivity index (χ4v) is 4.89. The van der Waals surface area contributed by atoms with E-state index in [1.807, 2.05) is 74.5 Å². The average molecular weight is 502 g/mol. The lowest BCUT2D eigenvalue weighted by molar-refractivity contribution is -0.139. The van der Waals surface area contributed by atoms with Crippen molar-refractivity contribution in [1.29, 1.82) is 0 Å². The third-order valence-electron chi connectivity index (χ3n) is 5.89. The van der Waals surface area contributed by atoms with Crippen LogP contribution in [0.4, 0.5) is 16.2 Å². The largest absolute Gasteiger partial charge is 0.480 e. The van der Waals surface area contributed by atoms with Crippen molar-refractivity contribution in [3.63, 3.8) is 0 Å². The maximum Gasteiger partial charge on any atom is 0.326 e. The van der Waals surface area contributed by atoms with E-state index in [9.17, 15) is 19.5 Å². The summed E-state index contributed by atoms with van der Waals surface area (Å²) in [6.45, 7) is 3.80. The lowest BCUT2D eigenvalue weighted by Crippen LogP contribution is -2.41. The van der Waals surface area contributed by atoms with Crippen LogP contribution >= 0.6 is 11.8 Å². The highest BCUT2D eigenvalue weighted by Gasteiger charge is 2.24. The number of thioether (sulfide) groups is 1. The van der Waals surface area contributed by atoms with Crippen LogP contribution < -0.4 is 16.0 Å². The molecule has 3 amide bonds. The number of allylic oxidation sites excluding steroid dienone is 2. The number of hydrogen-bond donors (Lipinski definition) is 4. The lowest BCUT2D eigenvalue weighted by Gasteiger charge is -2.19. The monoisotopic (exact) mass is 501 g/mol. The number of hydrogen-bond acceptors (Lipinski definition) is 4. The van der Waals surface area contributed by atoms with Crippen LogP contribution in [0.3, 0.4) is 0 Å². The van der Waals surface area contributed by atoms with Gasteiger partial charge in [0, 0.05) is 17.9 Å². The van der Waals surface area contributed by atoms with Crippen molar-refractivity contribution in [2.45, 2.75) is 26.3 Å². The molecule has 3 aromatic rings. The molecule has 0 bridgehead atoms. The highest BCUT2D eigenvalue weighted by molar-refractivity contribution is 8.03. The van der Waals surface area contributed by atoms with E-state index in [2.05, 4.69) is 16.0 Å². The second kappa shape index (κ2) is 11.1. The van der Waals surface area contributed by atoms with Crippen molar-refractivity contribution in [3.8, 4) is 0 Å². The third-order valence-corrected chi connectivity index (χ3v) is 6.92. The number of urea groups is 1. The minimum Gasteiger partial charge on any atom is -0.480 e. The highest BCUT2D eigenvalue weighted by atomic mass is 32.2. The number of carbonyl (C=O) groups excluding carboxylic acids is 2. The predicted molar refractivity (Wildman–Crippen MR) is 146 cm³/mol. The van der Waals surface area contributed by atoms with Gasteiger partial charge >= 0.3 is 12.0 Å². The number of carboxylic acids is 1. The Balaban J connectivity index is 1.61. The van der Waals surface area contributed by atoms with E-state index in [-0.39, 0.29) is 17.7 Å². The highest BCUT2D eigenvalue weighted by Crippen LogP contribution is 2.27. The summed E-state index contributed by atoms with van der Waals surface area (Å²) in [6, 6.07) is 15.0. The molecule has 1 heterocycles. The van der Waals surface area contributed by atoms with E-state index in [4.69, 9.17) is 0 Å². The summed E-state index contributed by atoms with van der Waals surface area (Å²) in [4.78, 5) is 39.1. The summed E-state index contributed by atoms with van der Waals surface area (Å²) < 4.78 is 0. The van der Waals surface area contributed by atoms with Crippen LogP contribution in [-0.4, -0.2) is 34.8 Å². The van der Waals surface area contributed by atoms with E-state index < -0.39 is 23.9 Å². The van der Waals surface area contributed by atoms with E-state index in [1.165, 1.54) is 0 Å². The van der Waals surface area contributed by atoms with Crippen LogP contribution in [0.15, 0.2) is 77.7 Å². The first-order valence-electron chi connectivity index (χ1n) is 11.5.